The molecule has 0 fully saturated rings. The van der Waals surface area contributed by atoms with E-state index in [0.717, 1.165) is 4.47 Å². The Hall–Kier alpha value is -1.41. The van der Waals surface area contributed by atoms with Crippen molar-refractivity contribution in [3.8, 4) is 6.07 Å². The SMILES string of the molecule is CC(C#N)c1cc(Br)ccc1[N+](=O)[O-]. The van der Waals surface area contributed by atoms with Gasteiger partial charge in [0.2, 0.25) is 0 Å². The highest BCUT2D eigenvalue weighted by Gasteiger charge is 2.18. The van der Waals surface area contributed by atoms with E-state index in [9.17, 15) is 10.1 Å². The Labute approximate surface area is 89.4 Å². The van der Waals surface area contributed by atoms with Gasteiger partial charge in [0.1, 0.15) is 0 Å². The molecule has 0 amide bonds. The Morgan fingerprint density at radius 2 is 2.29 bits per heavy atom. The molecule has 1 rings (SSSR count). The second-order valence-corrected chi connectivity index (χ2v) is 3.73. The van der Waals surface area contributed by atoms with Crippen LogP contribution in [0.2, 0.25) is 0 Å². The molecular formula is C9H7BrN2O2. The van der Waals surface area contributed by atoms with Crippen LogP contribution in [0.5, 0.6) is 0 Å². The normalized spacial score (nSPS) is 11.8. The lowest BCUT2D eigenvalue weighted by molar-refractivity contribution is -0.385. The number of nitro groups is 1. The zero-order valence-electron chi connectivity index (χ0n) is 7.40. The highest BCUT2D eigenvalue weighted by Crippen LogP contribution is 2.28. The summed E-state index contributed by atoms with van der Waals surface area (Å²) < 4.78 is 0.736. The molecule has 0 aliphatic rings. The van der Waals surface area contributed by atoms with Crippen LogP contribution < -0.4 is 0 Å². The lowest BCUT2D eigenvalue weighted by atomic mass is 10.0. The van der Waals surface area contributed by atoms with Crippen LogP contribution in [0.25, 0.3) is 0 Å². The zero-order chi connectivity index (χ0) is 10.7. The van der Waals surface area contributed by atoms with E-state index >= 15 is 0 Å². The molecule has 0 N–H and O–H groups in total. The lowest BCUT2D eigenvalue weighted by Gasteiger charge is -2.04. The number of hydrogen-bond donors (Lipinski definition) is 0. The standard InChI is InChI=1S/C9H7BrN2O2/c1-6(5-11)8-4-7(10)2-3-9(8)12(13)14/h2-4,6H,1H3. The van der Waals surface area contributed by atoms with Crippen molar-refractivity contribution in [2.24, 2.45) is 0 Å². The fourth-order valence-electron chi connectivity index (χ4n) is 1.11. The number of nitriles is 1. The average Bonchev–Trinajstić information content (AvgIpc) is 2.16. The molecule has 0 spiro atoms. The molecule has 0 aliphatic carbocycles. The molecule has 1 aromatic rings. The first-order chi connectivity index (χ1) is 6.56. The summed E-state index contributed by atoms with van der Waals surface area (Å²) in [5.74, 6) is -0.479. The van der Waals surface area contributed by atoms with Crippen molar-refractivity contribution in [2.45, 2.75) is 12.8 Å². The Balaban J connectivity index is 3.31. The van der Waals surface area contributed by atoms with Gasteiger partial charge in [-0.15, -0.1) is 0 Å². The van der Waals surface area contributed by atoms with E-state index in [0.29, 0.717) is 5.56 Å². The maximum Gasteiger partial charge on any atom is 0.273 e. The fourth-order valence-corrected chi connectivity index (χ4v) is 1.49. The topological polar surface area (TPSA) is 66.9 Å². The third kappa shape index (κ3) is 2.09. The minimum atomic E-state index is -0.479. The Bertz CT molecular complexity index is 412. The number of benzene rings is 1. The summed E-state index contributed by atoms with van der Waals surface area (Å²) in [5.41, 5.74) is 0.425. The first kappa shape index (κ1) is 10.7. The largest absolute Gasteiger partial charge is 0.273 e. The quantitative estimate of drug-likeness (QED) is 0.602. The van der Waals surface area contributed by atoms with Gasteiger partial charge in [-0.1, -0.05) is 15.9 Å². The van der Waals surface area contributed by atoms with Crippen LogP contribution in [0, 0.1) is 21.4 Å². The fraction of sp³-hybridized carbons (Fsp3) is 0.222. The van der Waals surface area contributed by atoms with Gasteiger partial charge in [-0.25, -0.2) is 0 Å². The zero-order valence-corrected chi connectivity index (χ0v) is 8.98. The van der Waals surface area contributed by atoms with Crippen molar-refractivity contribution < 1.29 is 4.92 Å². The molecule has 0 bridgehead atoms. The molecule has 0 radical (unpaired) electrons. The summed E-state index contributed by atoms with van der Waals surface area (Å²) in [4.78, 5) is 10.2. The van der Waals surface area contributed by atoms with Crippen LogP contribution in [0.15, 0.2) is 22.7 Å². The predicted octanol–water partition coefficient (Wildman–Crippen LogP) is 2.98. The summed E-state index contributed by atoms with van der Waals surface area (Å²) in [7, 11) is 0. The van der Waals surface area contributed by atoms with E-state index in [1.54, 1.807) is 19.1 Å². The van der Waals surface area contributed by atoms with Gasteiger partial charge in [-0.3, -0.25) is 10.1 Å². The molecule has 1 aromatic carbocycles. The third-order valence-corrected chi connectivity index (χ3v) is 2.34. The van der Waals surface area contributed by atoms with Crippen molar-refractivity contribution in [3.63, 3.8) is 0 Å². The van der Waals surface area contributed by atoms with Gasteiger partial charge in [0, 0.05) is 16.1 Å². The van der Waals surface area contributed by atoms with Crippen molar-refractivity contribution in [3.05, 3.63) is 38.3 Å². The molecule has 0 heterocycles. The third-order valence-electron chi connectivity index (χ3n) is 1.85. The molecule has 0 saturated heterocycles. The van der Waals surface area contributed by atoms with Crippen LogP contribution in [-0.2, 0) is 0 Å². The second-order valence-electron chi connectivity index (χ2n) is 2.81. The average molecular weight is 255 g/mol. The second kappa shape index (κ2) is 4.20. The van der Waals surface area contributed by atoms with Crippen LogP contribution in [-0.4, -0.2) is 4.92 Å². The number of nitrogens with zero attached hydrogens (tertiary/aromatic N) is 2. The van der Waals surface area contributed by atoms with E-state index in [4.69, 9.17) is 5.26 Å². The molecule has 72 valence electrons. The Kier molecular flexibility index (Phi) is 3.20. The van der Waals surface area contributed by atoms with Crippen molar-refractivity contribution in [1.82, 2.24) is 0 Å². The predicted molar refractivity (Wildman–Crippen MR) is 54.8 cm³/mol. The number of hydrogen-bond acceptors (Lipinski definition) is 3. The molecule has 0 aromatic heterocycles. The van der Waals surface area contributed by atoms with E-state index in [1.807, 2.05) is 6.07 Å². The lowest BCUT2D eigenvalue weighted by Crippen LogP contribution is -1.98. The minimum absolute atomic E-state index is 0.0118. The van der Waals surface area contributed by atoms with E-state index in [1.165, 1.54) is 6.07 Å². The first-order valence-electron chi connectivity index (χ1n) is 3.89. The maximum atomic E-state index is 10.6. The van der Waals surface area contributed by atoms with E-state index in [-0.39, 0.29) is 5.69 Å². The number of rotatable bonds is 2. The molecule has 0 aliphatic heterocycles. The Morgan fingerprint density at radius 1 is 1.64 bits per heavy atom. The summed E-state index contributed by atoms with van der Waals surface area (Å²) in [5, 5.41) is 19.3. The van der Waals surface area contributed by atoms with Gasteiger partial charge in [0.25, 0.3) is 5.69 Å². The number of nitro benzene ring substituents is 1. The number of halogens is 1. The van der Waals surface area contributed by atoms with Crippen molar-refractivity contribution >= 4 is 21.6 Å². The molecule has 5 heteroatoms. The first-order valence-corrected chi connectivity index (χ1v) is 4.69. The molecule has 0 saturated carbocycles. The minimum Gasteiger partial charge on any atom is -0.258 e. The van der Waals surface area contributed by atoms with Crippen LogP contribution >= 0.6 is 15.9 Å². The van der Waals surface area contributed by atoms with Crippen LogP contribution in [0.1, 0.15) is 18.4 Å². The van der Waals surface area contributed by atoms with Crippen LogP contribution in [0.3, 0.4) is 0 Å². The molecule has 1 atom stereocenters. The summed E-state index contributed by atoms with van der Waals surface area (Å²) in [6, 6.07) is 6.57. The highest BCUT2D eigenvalue weighted by molar-refractivity contribution is 9.10. The van der Waals surface area contributed by atoms with Gasteiger partial charge in [-0.05, 0) is 19.1 Å². The maximum absolute atomic E-state index is 10.6. The smallest absolute Gasteiger partial charge is 0.258 e. The Morgan fingerprint density at radius 3 is 2.79 bits per heavy atom. The van der Waals surface area contributed by atoms with Crippen molar-refractivity contribution in [1.29, 1.82) is 5.26 Å². The van der Waals surface area contributed by atoms with Gasteiger partial charge in [0.05, 0.1) is 16.9 Å². The van der Waals surface area contributed by atoms with Gasteiger partial charge >= 0.3 is 0 Å². The van der Waals surface area contributed by atoms with Crippen molar-refractivity contribution in [2.75, 3.05) is 0 Å². The summed E-state index contributed by atoms with van der Waals surface area (Å²) in [6.07, 6.45) is 0. The van der Waals surface area contributed by atoms with E-state index < -0.39 is 10.8 Å². The summed E-state index contributed by atoms with van der Waals surface area (Å²) >= 11 is 3.21. The highest BCUT2D eigenvalue weighted by atomic mass is 79.9. The monoisotopic (exact) mass is 254 g/mol. The molecule has 14 heavy (non-hydrogen) atoms. The van der Waals surface area contributed by atoms with E-state index in [2.05, 4.69) is 15.9 Å². The molecule has 4 nitrogen and oxygen atoms in total. The molecular weight excluding hydrogens is 248 g/mol. The van der Waals surface area contributed by atoms with Crippen LogP contribution in [0.4, 0.5) is 5.69 Å². The van der Waals surface area contributed by atoms with Gasteiger partial charge in [-0.2, -0.15) is 5.26 Å². The summed E-state index contributed by atoms with van der Waals surface area (Å²) in [6.45, 7) is 1.63. The van der Waals surface area contributed by atoms with Gasteiger partial charge in [0.15, 0.2) is 0 Å². The molecule has 1 unspecified atom stereocenters. The van der Waals surface area contributed by atoms with Gasteiger partial charge < -0.3 is 0 Å².